The van der Waals surface area contributed by atoms with Crippen molar-refractivity contribution in [2.45, 2.75) is 12.5 Å². The Kier molecular flexibility index (Phi) is 2.60. The van der Waals surface area contributed by atoms with Crippen molar-refractivity contribution in [1.82, 2.24) is 4.90 Å². The lowest BCUT2D eigenvalue weighted by Gasteiger charge is -2.15. The first-order chi connectivity index (χ1) is 7.16. The Morgan fingerprint density at radius 1 is 1.33 bits per heavy atom. The topological polar surface area (TPSA) is 72.4 Å². The maximum absolute atomic E-state index is 11.9. The highest BCUT2D eigenvalue weighted by Crippen LogP contribution is 2.13. The van der Waals surface area contributed by atoms with E-state index in [1.807, 2.05) is 0 Å². The molecular weight excluding hydrogens is 190 g/mol. The van der Waals surface area contributed by atoms with E-state index in [1.165, 1.54) is 0 Å². The Morgan fingerprint density at radius 2 is 2.00 bits per heavy atom. The number of likely N-dealkylation sites (tertiary alicyclic amines) is 1. The molecule has 1 fully saturated rings. The standard InChI is InChI=1S/C11H15N3O/c12-9-3-1-8(2-4-9)11(15)14-6-5-10(13)7-14/h1-4,10H,5-7,12-13H2. The number of anilines is 1. The molecule has 15 heavy (non-hydrogen) atoms. The summed E-state index contributed by atoms with van der Waals surface area (Å²) in [6.07, 6.45) is 0.890. The predicted molar refractivity (Wildman–Crippen MR) is 59.4 cm³/mol. The number of hydrogen-bond donors (Lipinski definition) is 2. The van der Waals surface area contributed by atoms with Crippen LogP contribution in [0.25, 0.3) is 0 Å². The molecule has 1 aromatic carbocycles. The van der Waals surface area contributed by atoms with Gasteiger partial charge in [-0.15, -0.1) is 0 Å². The average molecular weight is 205 g/mol. The summed E-state index contributed by atoms with van der Waals surface area (Å²) in [6.45, 7) is 1.41. The van der Waals surface area contributed by atoms with Gasteiger partial charge < -0.3 is 16.4 Å². The molecule has 1 amide bonds. The second-order valence-corrected chi connectivity index (χ2v) is 3.92. The maximum Gasteiger partial charge on any atom is 0.253 e. The largest absolute Gasteiger partial charge is 0.399 e. The van der Waals surface area contributed by atoms with Crippen molar-refractivity contribution >= 4 is 11.6 Å². The van der Waals surface area contributed by atoms with Crippen LogP contribution in [0, 0.1) is 0 Å². The minimum atomic E-state index is 0.0444. The van der Waals surface area contributed by atoms with Crippen molar-refractivity contribution in [2.24, 2.45) is 5.73 Å². The molecule has 1 heterocycles. The summed E-state index contributed by atoms with van der Waals surface area (Å²) < 4.78 is 0. The molecule has 0 aromatic heterocycles. The van der Waals surface area contributed by atoms with E-state index in [9.17, 15) is 4.79 Å². The van der Waals surface area contributed by atoms with Gasteiger partial charge in [-0.3, -0.25) is 4.79 Å². The maximum atomic E-state index is 11.9. The van der Waals surface area contributed by atoms with Gasteiger partial charge in [-0.2, -0.15) is 0 Å². The number of carbonyl (C=O) groups is 1. The van der Waals surface area contributed by atoms with Gasteiger partial charge in [-0.05, 0) is 30.7 Å². The number of carbonyl (C=O) groups excluding carboxylic acids is 1. The van der Waals surface area contributed by atoms with Crippen LogP contribution in [0.2, 0.25) is 0 Å². The molecule has 0 radical (unpaired) electrons. The molecule has 0 aliphatic carbocycles. The lowest BCUT2D eigenvalue weighted by Crippen LogP contribution is -2.31. The Hall–Kier alpha value is -1.55. The summed E-state index contributed by atoms with van der Waals surface area (Å²) in [7, 11) is 0. The molecule has 1 aliphatic rings. The van der Waals surface area contributed by atoms with Gasteiger partial charge >= 0.3 is 0 Å². The van der Waals surface area contributed by atoms with Crippen molar-refractivity contribution in [3.05, 3.63) is 29.8 Å². The number of hydrogen-bond acceptors (Lipinski definition) is 3. The molecule has 1 unspecified atom stereocenters. The van der Waals surface area contributed by atoms with Crippen LogP contribution in [0.5, 0.6) is 0 Å². The zero-order valence-corrected chi connectivity index (χ0v) is 8.52. The molecule has 4 heteroatoms. The van der Waals surface area contributed by atoms with Crippen LogP contribution in [0.3, 0.4) is 0 Å². The number of nitrogens with two attached hydrogens (primary N) is 2. The van der Waals surface area contributed by atoms with Crippen LogP contribution in [0.15, 0.2) is 24.3 Å². The first-order valence-corrected chi connectivity index (χ1v) is 5.07. The van der Waals surface area contributed by atoms with Gasteiger partial charge in [-0.1, -0.05) is 0 Å². The van der Waals surface area contributed by atoms with Gasteiger partial charge in [0.1, 0.15) is 0 Å². The normalized spacial score (nSPS) is 20.6. The molecule has 2 rings (SSSR count). The monoisotopic (exact) mass is 205 g/mol. The highest BCUT2D eigenvalue weighted by Gasteiger charge is 2.24. The van der Waals surface area contributed by atoms with Gasteiger partial charge in [0, 0.05) is 30.4 Å². The SMILES string of the molecule is Nc1ccc(C(=O)N2CCC(N)C2)cc1. The second kappa shape index (κ2) is 3.90. The summed E-state index contributed by atoms with van der Waals surface area (Å²) in [6, 6.07) is 7.11. The summed E-state index contributed by atoms with van der Waals surface area (Å²) in [5.41, 5.74) is 12.7. The summed E-state index contributed by atoms with van der Waals surface area (Å²) >= 11 is 0. The third kappa shape index (κ3) is 2.10. The Balaban J connectivity index is 2.11. The Morgan fingerprint density at radius 3 is 2.53 bits per heavy atom. The van der Waals surface area contributed by atoms with Crippen LogP contribution in [-0.2, 0) is 0 Å². The van der Waals surface area contributed by atoms with E-state index >= 15 is 0 Å². The summed E-state index contributed by atoms with van der Waals surface area (Å²) in [5, 5.41) is 0. The summed E-state index contributed by atoms with van der Waals surface area (Å²) in [4.78, 5) is 13.7. The molecule has 0 bridgehead atoms. The van der Waals surface area contributed by atoms with Crippen LogP contribution in [0.1, 0.15) is 16.8 Å². The van der Waals surface area contributed by atoms with E-state index in [-0.39, 0.29) is 11.9 Å². The highest BCUT2D eigenvalue weighted by atomic mass is 16.2. The van der Waals surface area contributed by atoms with Gasteiger partial charge in [0.15, 0.2) is 0 Å². The molecule has 80 valence electrons. The van der Waals surface area contributed by atoms with Crippen LogP contribution >= 0.6 is 0 Å². The molecule has 1 aliphatic heterocycles. The number of amides is 1. The highest BCUT2D eigenvalue weighted by molar-refractivity contribution is 5.94. The summed E-state index contributed by atoms with van der Waals surface area (Å²) in [5.74, 6) is 0.0444. The van der Waals surface area contributed by atoms with Crippen molar-refractivity contribution in [3.63, 3.8) is 0 Å². The van der Waals surface area contributed by atoms with Gasteiger partial charge in [0.2, 0.25) is 0 Å². The number of nitrogen functional groups attached to an aromatic ring is 1. The van der Waals surface area contributed by atoms with E-state index in [2.05, 4.69) is 0 Å². The molecule has 1 atom stereocenters. The second-order valence-electron chi connectivity index (χ2n) is 3.92. The number of rotatable bonds is 1. The molecule has 0 spiro atoms. The Labute approximate surface area is 88.9 Å². The Bertz CT molecular complexity index is 361. The van der Waals surface area contributed by atoms with E-state index in [0.29, 0.717) is 17.8 Å². The quantitative estimate of drug-likeness (QED) is 0.653. The van der Waals surface area contributed by atoms with Gasteiger partial charge in [-0.25, -0.2) is 0 Å². The lowest BCUT2D eigenvalue weighted by atomic mass is 10.2. The van der Waals surface area contributed by atoms with E-state index in [0.717, 1.165) is 13.0 Å². The zero-order valence-electron chi connectivity index (χ0n) is 8.52. The first-order valence-electron chi connectivity index (χ1n) is 5.07. The van der Waals surface area contributed by atoms with E-state index < -0.39 is 0 Å². The third-order valence-electron chi connectivity index (χ3n) is 2.67. The number of nitrogens with zero attached hydrogens (tertiary/aromatic N) is 1. The predicted octanol–water partition coefficient (Wildman–Crippen LogP) is 0.442. The van der Waals surface area contributed by atoms with Crippen molar-refractivity contribution in [1.29, 1.82) is 0 Å². The molecule has 4 nitrogen and oxygen atoms in total. The molecular formula is C11H15N3O. The third-order valence-corrected chi connectivity index (χ3v) is 2.67. The molecule has 1 saturated heterocycles. The van der Waals surface area contributed by atoms with Crippen LogP contribution < -0.4 is 11.5 Å². The van der Waals surface area contributed by atoms with Crippen molar-refractivity contribution < 1.29 is 4.79 Å². The molecule has 4 N–H and O–H groups in total. The van der Waals surface area contributed by atoms with Crippen LogP contribution in [0.4, 0.5) is 5.69 Å². The van der Waals surface area contributed by atoms with E-state index in [1.54, 1.807) is 29.2 Å². The zero-order chi connectivity index (χ0) is 10.8. The minimum Gasteiger partial charge on any atom is -0.399 e. The fourth-order valence-electron chi connectivity index (χ4n) is 1.78. The first kappa shape index (κ1) is 9.98. The van der Waals surface area contributed by atoms with E-state index in [4.69, 9.17) is 11.5 Å². The number of benzene rings is 1. The fourth-order valence-corrected chi connectivity index (χ4v) is 1.78. The van der Waals surface area contributed by atoms with Crippen molar-refractivity contribution in [2.75, 3.05) is 18.8 Å². The van der Waals surface area contributed by atoms with Gasteiger partial charge in [0.25, 0.3) is 5.91 Å². The minimum absolute atomic E-state index is 0.0444. The fraction of sp³-hybridized carbons (Fsp3) is 0.364. The van der Waals surface area contributed by atoms with Crippen molar-refractivity contribution in [3.8, 4) is 0 Å². The molecule has 1 aromatic rings. The lowest BCUT2D eigenvalue weighted by molar-refractivity contribution is 0.0791. The van der Waals surface area contributed by atoms with Gasteiger partial charge in [0.05, 0.1) is 0 Å². The van der Waals surface area contributed by atoms with Crippen LogP contribution in [-0.4, -0.2) is 29.9 Å². The molecule has 0 saturated carbocycles. The smallest absolute Gasteiger partial charge is 0.253 e. The average Bonchev–Trinajstić information content (AvgIpc) is 2.65.